The first kappa shape index (κ1) is 17.2. The third kappa shape index (κ3) is 2.92. The van der Waals surface area contributed by atoms with Crippen molar-refractivity contribution < 1.29 is 9.53 Å². The van der Waals surface area contributed by atoms with Gasteiger partial charge in [-0.15, -0.1) is 0 Å². The minimum absolute atomic E-state index is 0.175. The van der Waals surface area contributed by atoms with Crippen molar-refractivity contribution in [2.45, 2.75) is 38.3 Å². The SMILES string of the molecule is N#Cc1cc2c(nc1N1CCC(n3cc(N4CCCC4=O)cn3)C1)CCOC2. The van der Waals surface area contributed by atoms with Crippen LogP contribution in [0.2, 0.25) is 0 Å². The summed E-state index contributed by atoms with van der Waals surface area (Å²) in [6.45, 7) is 3.57. The monoisotopic (exact) mass is 378 g/mol. The molecule has 0 aromatic carbocycles. The summed E-state index contributed by atoms with van der Waals surface area (Å²) < 4.78 is 7.44. The average Bonchev–Trinajstić information content (AvgIpc) is 3.46. The Hall–Kier alpha value is -2.92. The van der Waals surface area contributed by atoms with Crippen LogP contribution < -0.4 is 9.80 Å². The van der Waals surface area contributed by atoms with Gasteiger partial charge in [0, 0.05) is 44.2 Å². The van der Waals surface area contributed by atoms with Gasteiger partial charge in [-0.05, 0) is 18.9 Å². The second kappa shape index (κ2) is 6.91. The number of carbonyl (C=O) groups excluding carboxylic acids is 1. The molecule has 0 saturated carbocycles. The van der Waals surface area contributed by atoms with E-state index < -0.39 is 0 Å². The molecule has 0 N–H and O–H groups in total. The van der Waals surface area contributed by atoms with Crippen molar-refractivity contribution in [3.05, 3.63) is 35.3 Å². The molecule has 144 valence electrons. The lowest BCUT2D eigenvalue weighted by Crippen LogP contribution is -2.25. The molecule has 8 heteroatoms. The summed E-state index contributed by atoms with van der Waals surface area (Å²) in [5, 5.41) is 14.1. The minimum Gasteiger partial charge on any atom is -0.376 e. The van der Waals surface area contributed by atoms with Crippen molar-refractivity contribution in [2.75, 3.05) is 36.0 Å². The molecule has 0 radical (unpaired) electrons. The van der Waals surface area contributed by atoms with E-state index >= 15 is 0 Å². The van der Waals surface area contributed by atoms with Gasteiger partial charge in [0.1, 0.15) is 11.9 Å². The lowest BCUT2D eigenvalue weighted by molar-refractivity contribution is -0.117. The Bertz CT molecular complexity index is 962. The van der Waals surface area contributed by atoms with Crippen molar-refractivity contribution in [3.63, 3.8) is 0 Å². The highest BCUT2D eigenvalue weighted by Crippen LogP contribution is 2.31. The Kier molecular flexibility index (Phi) is 4.24. The van der Waals surface area contributed by atoms with E-state index in [0.29, 0.717) is 25.2 Å². The second-order valence-corrected chi connectivity index (χ2v) is 7.60. The van der Waals surface area contributed by atoms with Crippen LogP contribution in [0.1, 0.15) is 42.1 Å². The fourth-order valence-electron chi connectivity index (χ4n) is 4.34. The lowest BCUT2D eigenvalue weighted by Gasteiger charge is -2.23. The quantitative estimate of drug-likeness (QED) is 0.809. The molecule has 1 amide bonds. The zero-order valence-electron chi connectivity index (χ0n) is 15.7. The van der Waals surface area contributed by atoms with E-state index in [-0.39, 0.29) is 11.9 Å². The van der Waals surface area contributed by atoms with Crippen LogP contribution in [0.4, 0.5) is 11.5 Å². The molecular formula is C20H22N6O2. The number of hydrogen-bond acceptors (Lipinski definition) is 6. The first-order chi connectivity index (χ1) is 13.7. The maximum atomic E-state index is 12.0. The second-order valence-electron chi connectivity index (χ2n) is 7.60. The molecule has 2 saturated heterocycles. The average molecular weight is 378 g/mol. The molecule has 0 bridgehead atoms. The maximum Gasteiger partial charge on any atom is 0.227 e. The van der Waals surface area contributed by atoms with Crippen LogP contribution in [0.3, 0.4) is 0 Å². The van der Waals surface area contributed by atoms with E-state index in [4.69, 9.17) is 9.72 Å². The summed E-state index contributed by atoms with van der Waals surface area (Å²) in [7, 11) is 0. The van der Waals surface area contributed by atoms with Crippen molar-refractivity contribution in [1.29, 1.82) is 5.26 Å². The third-order valence-corrected chi connectivity index (χ3v) is 5.84. The molecule has 8 nitrogen and oxygen atoms in total. The molecule has 2 aromatic heterocycles. The fraction of sp³-hybridized carbons (Fsp3) is 0.500. The topological polar surface area (TPSA) is 87.3 Å². The molecule has 5 heterocycles. The predicted molar refractivity (Wildman–Crippen MR) is 102 cm³/mol. The normalized spacial score (nSPS) is 21.8. The van der Waals surface area contributed by atoms with Gasteiger partial charge in [-0.2, -0.15) is 10.4 Å². The Labute approximate surface area is 163 Å². The van der Waals surface area contributed by atoms with Gasteiger partial charge in [-0.25, -0.2) is 4.98 Å². The summed E-state index contributed by atoms with van der Waals surface area (Å²) in [6.07, 6.45) is 7.00. The van der Waals surface area contributed by atoms with Gasteiger partial charge in [0.2, 0.25) is 5.91 Å². The number of nitrogens with zero attached hydrogens (tertiary/aromatic N) is 6. The Morgan fingerprint density at radius 2 is 2.21 bits per heavy atom. The van der Waals surface area contributed by atoms with Crippen LogP contribution >= 0.6 is 0 Å². The van der Waals surface area contributed by atoms with Crippen LogP contribution in [0.15, 0.2) is 18.5 Å². The molecule has 3 aliphatic rings. The number of amides is 1. The zero-order chi connectivity index (χ0) is 19.1. The lowest BCUT2D eigenvalue weighted by atomic mass is 10.1. The molecule has 5 rings (SSSR count). The molecule has 2 aromatic rings. The molecule has 2 fully saturated rings. The number of ether oxygens (including phenoxy) is 1. The standard InChI is InChI=1S/C20H22N6O2/c21-9-14-8-15-13-28-7-4-18(15)23-20(14)24-6-3-16(11-24)26-12-17(10-22-26)25-5-1-2-19(25)27/h8,10,12,16H,1-7,11,13H2. The van der Waals surface area contributed by atoms with Crippen LogP contribution in [0, 0.1) is 11.3 Å². The molecule has 1 unspecified atom stereocenters. The summed E-state index contributed by atoms with van der Waals surface area (Å²) in [4.78, 5) is 20.8. The van der Waals surface area contributed by atoms with E-state index in [2.05, 4.69) is 16.1 Å². The van der Waals surface area contributed by atoms with Gasteiger partial charge in [0.25, 0.3) is 0 Å². The van der Waals surface area contributed by atoms with Crippen LogP contribution in [0.25, 0.3) is 0 Å². The molecule has 0 aliphatic carbocycles. The Morgan fingerprint density at radius 3 is 3.04 bits per heavy atom. The minimum atomic E-state index is 0.175. The summed E-state index contributed by atoms with van der Waals surface area (Å²) in [5.41, 5.74) is 3.55. The van der Waals surface area contributed by atoms with E-state index in [1.54, 1.807) is 6.20 Å². The number of carbonyl (C=O) groups is 1. The number of nitriles is 1. The number of aromatic nitrogens is 3. The number of fused-ring (bicyclic) bond motifs is 1. The Balaban J connectivity index is 1.36. The van der Waals surface area contributed by atoms with Crippen LogP contribution in [0.5, 0.6) is 0 Å². The van der Waals surface area contributed by atoms with Gasteiger partial charge in [0.05, 0.1) is 42.4 Å². The highest BCUT2D eigenvalue weighted by molar-refractivity contribution is 5.95. The van der Waals surface area contributed by atoms with E-state index in [1.807, 2.05) is 21.8 Å². The first-order valence-corrected chi connectivity index (χ1v) is 9.83. The molecule has 28 heavy (non-hydrogen) atoms. The van der Waals surface area contributed by atoms with E-state index in [0.717, 1.165) is 61.7 Å². The summed E-state index contributed by atoms with van der Waals surface area (Å²) in [5.74, 6) is 0.946. The van der Waals surface area contributed by atoms with Gasteiger partial charge < -0.3 is 14.5 Å². The van der Waals surface area contributed by atoms with E-state index in [1.165, 1.54) is 0 Å². The number of pyridine rings is 1. The smallest absolute Gasteiger partial charge is 0.227 e. The van der Waals surface area contributed by atoms with Crippen molar-refractivity contribution in [1.82, 2.24) is 14.8 Å². The number of rotatable bonds is 3. The largest absolute Gasteiger partial charge is 0.376 e. The molecule has 1 atom stereocenters. The molecule has 0 spiro atoms. The molecule has 3 aliphatic heterocycles. The van der Waals surface area contributed by atoms with Crippen molar-refractivity contribution in [3.8, 4) is 6.07 Å². The highest BCUT2D eigenvalue weighted by atomic mass is 16.5. The number of anilines is 2. The van der Waals surface area contributed by atoms with Gasteiger partial charge in [-0.1, -0.05) is 0 Å². The third-order valence-electron chi connectivity index (χ3n) is 5.84. The maximum absolute atomic E-state index is 12.0. The van der Waals surface area contributed by atoms with Crippen molar-refractivity contribution >= 4 is 17.4 Å². The predicted octanol–water partition coefficient (Wildman–Crippen LogP) is 1.80. The van der Waals surface area contributed by atoms with Gasteiger partial charge >= 0.3 is 0 Å². The Morgan fingerprint density at radius 1 is 1.29 bits per heavy atom. The van der Waals surface area contributed by atoms with Gasteiger partial charge in [-0.3, -0.25) is 9.48 Å². The van der Waals surface area contributed by atoms with Crippen LogP contribution in [-0.2, 0) is 22.6 Å². The fourth-order valence-corrected chi connectivity index (χ4v) is 4.34. The zero-order valence-corrected chi connectivity index (χ0v) is 15.7. The summed E-state index contributed by atoms with van der Waals surface area (Å²) >= 11 is 0. The summed E-state index contributed by atoms with van der Waals surface area (Å²) in [6, 6.07) is 4.43. The molecular weight excluding hydrogens is 356 g/mol. The van der Waals surface area contributed by atoms with E-state index in [9.17, 15) is 10.1 Å². The number of hydrogen-bond donors (Lipinski definition) is 0. The first-order valence-electron chi connectivity index (χ1n) is 9.83. The van der Waals surface area contributed by atoms with Crippen LogP contribution in [-0.4, -0.2) is 46.9 Å². The van der Waals surface area contributed by atoms with Gasteiger partial charge in [0.15, 0.2) is 0 Å². The highest BCUT2D eigenvalue weighted by Gasteiger charge is 2.30. The van der Waals surface area contributed by atoms with Crippen molar-refractivity contribution in [2.24, 2.45) is 0 Å².